The van der Waals surface area contributed by atoms with Crippen LogP contribution in [0.4, 0.5) is 0 Å². The molecular weight excluding hydrogens is 296 g/mol. The second-order valence-electron chi connectivity index (χ2n) is 3.74. The number of pyridine rings is 1. The van der Waals surface area contributed by atoms with E-state index in [1.807, 2.05) is 18.2 Å². The molecule has 0 saturated carbocycles. The second-order valence-corrected chi connectivity index (χ2v) is 5.78. The van der Waals surface area contributed by atoms with Crippen LogP contribution in [-0.4, -0.2) is 39.1 Å². The van der Waals surface area contributed by atoms with Gasteiger partial charge in [-0.25, -0.2) is 4.98 Å². The van der Waals surface area contributed by atoms with Crippen LogP contribution in [0.25, 0.3) is 0 Å². The first-order valence-electron chi connectivity index (χ1n) is 5.97. The maximum Gasteiger partial charge on any atom is 0.277 e. The first-order valence-corrected chi connectivity index (χ1v) is 7.94. The highest BCUT2D eigenvalue weighted by atomic mass is 32.2. The van der Waals surface area contributed by atoms with Gasteiger partial charge in [0.1, 0.15) is 0 Å². The highest BCUT2D eigenvalue weighted by molar-refractivity contribution is 7.99. The van der Waals surface area contributed by atoms with E-state index in [0.29, 0.717) is 17.7 Å². The fourth-order valence-corrected chi connectivity index (χ4v) is 2.65. The third-order valence-corrected chi connectivity index (χ3v) is 3.91. The number of aromatic nitrogens is 3. The van der Waals surface area contributed by atoms with Gasteiger partial charge in [-0.15, -0.1) is 22.0 Å². The smallest absolute Gasteiger partial charge is 0.277 e. The molecule has 1 amide bonds. The molecule has 0 bridgehead atoms. The molecule has 0 aliphatic carbocycles. The van der Waals surface area contributed by atoms with Crippen LogP contribution in [0.5, 0.6) is 0 Å². The molecule has 0 spiro atoms. The summed E-state index contributed by atoms with van der Waals surface area (Å²) in [6.07, 6.45) is 1.75. The van der Waals surface area contributed by atoms with Crippen molar-refractivity contribution in [3.63, 3.8) is 0 Å². The number of nitrogens with one attached hydrogen (secondary N) is 1. The predicted molar refractivity (Wildman–Crippen MR) is 77.7 cm³/mol. The SMILES string of the molecule is Cc1nnc(SCC(=O)NCCSc2ccccn2)o1. The van der Waals surface area contributed by atoms with Gasteiger partial charge in [-0.05, 0) is 12.1 Å². The Bertz CT molecular complexity index is 547. The van der Waals surface area contributed by atoms with Crippen LogP contribution in [0.15, 0.2) is 39.1 Å². The largest absolute Gasteiger partial charge is 0.416 e. The van der Waals surface area contributed by atoms with E-state index >= 15 is 0 Å². The van der Waals surface area contributed by atoms with Gasteiger partial charge in [-0.1, -0.05) is 17.8 Å². The summed E-state index contributed by atoms with van der Waals surface area (Å²) in [6, 6.07) is 5.76. The summed E-state index contributed by atoms with van der Waals surface area (Å²) < 4.78 is 5.17. The third kappa shape index (κ3) is 5.22. The zero-order valence-electron chi connectivity index (χ0n) is 10.9. The third-order valence-electron chi connectivity index (χ3n) is 2.15. The van der Waals surface area contributed by atoms with Crippen molar-refractivity contribution in [2.24, 2.45) is 0 Å². The average Bonchev–Trinajstić information content (AvgIpc) is 2.88. The fourth-order valence-electron chi connectivity index (χ4n) is 1.29. The number of hydrogen-bond acceptors (Lipinski definition) is 7. The normalized spacial score (nSPS) is 10.4. The van der Waals surface area contributed by atoms with Crippen LogP contribution >= 0.6 is 23.5 Å². The molecule has 2 heterocycles. The second kappa shape index (κ2) is 7.91. The van der Waals surface area contributed by atoms with Crippen molar-refractivity contribution in [1.82, 2.24) is 20.5 Å². The zero-order valence-corrected chi connectivity index (χ0v) is 12.5. The Kier molecular flexibility index (Phi) is 5.87. The van der Waals surface area contributed by atoms with E-state index in [4.69, 9.17) is 4.42 Å². The molecule has 1 N–H and O–H groups in total. The van der Waals surface area contributed by atoms with E-state index in [0.717, 1.165) is 10.8 Å². The topological polar surface area (TPSA) is 80.9 Å². The van der Waals surface area contributed by atoms with Gasteiger partial charge in [0, 0.05) is 25.4 Å². The van der Waals surface area contributed by atoms with Crippen LogP contribution in [0, 0.1) is 6.92 Å². The maximum atomic E-state index is 11.6. The Labute approximate surface area is 125 Å². The van der Waals surface area contributed by atoms with Crippen molar-refractivity contribution in [2.45, 2.75) is 17.2 Å². The van der Waals surface area contributed by atoms with Gasteiger partial charge in [-0.2, -0.15) is 0 Å². The van der Waals surface area contributed by atoms with E-state index in [1.54, 1.807) is 24.9 Å². The molecule has 6 nitrogen and oxygen atoms in total. The van der Waals surface area contributed by atoms with Gasteiger partial charge >= 0.3 is 0 Å². The highest BCUT2D eigenvalue weighted by Gasteiger charge is 2.07. The monoisotopic (exact) mass is 310 g/mol. The minimum Gasteiger partial charge on any atom is -0.416 e. The molecule has 106 valence electrons. The minimum atomic E-state index is -0.0486. The van der Waals surface area contributed by atoms with E-state index in [2.05, 4.69) is 20.5 Å². The highest BCUT2D eigenvalue weighted by Crippen LogP contribution is 2.15. The van der Waals surface area contributed by atoms with Crippen molar-refractivity contribution >= 4 is 29.4 Å². The van der Waals surface area contributed by atoms with Crippen LogP contribution in [0.1, 0.15) is 5.89 Å². The first kappa shape index (κ1) is 14.9. The van der Waals surface area contributed by atoms with Gasteiger partial charge in [0.15, 0.2) is 0 Å². The molecule has 0 aliphatic rings. The molecule has 2 aromatic heterocycles. The van der Waals surface area contributed by atoms with Crippen molar-refractivity contribution < 1.29 is 9.21 Å². The lowest BCUT2D eigenvalue weighted by Gasteiger charge is -2.03. The van der Waals surface area contributed by atoms with E-state index in [1.165, 1.54) is 11.8 Å². The van der Waals surface area contributed by atoms with E-state index in [-0.39, 0.29) is 11.7 Å². The fraction of sp³-hybridized carbons (Fsp3) is 0.333. The van der Waals surface area contributed by atoms with Gasteiger partial charge in [0.25, 0.3) is 5.22 Å². The predicted octanol–water partition coefficient (Wildman–Crippen LogP) is 1.77. The zero-order chi connectivity index (χ0) is 14.2. The number of thioether (sulfide) groups is 2. The average molecular weight is 310 g/mol. The summed E-state index contributed by atoms with van der Waals surface area (Å²) in [5, 5.41) is 11.7. The summed E-state index contributed by atoms with van der Waals surface area (Å²) in [5.74, 6) is 1.51. The maximum absolute atomic E-state index is 11.6. The van der Waals surface area contributed by atoms with Crippen molar-refractivity contribution in [2.75, 3.05) is 18.1 Å². The molecule has 0 radical (unpaired) electrons. The summed E-state index contributed by atoms with van der Waals surface area (Å²) in [5.41, 5.74) is 0. The van der Waals surface area contributed by atoms with Gasteiger partial charge in [0.05, 0.1) is 10.8 Å². The number of nitrogens with zero attached hydrogens (tertiary/aromatic N) is 3. The van der Waals surface area contributed by atoms with E-state index < -0.39 is 0 Å². The summed E-state index contributed by atoms with van der Waals surface area (Å²) >= 11 is 2.84. The summed E-state index contributed by atoms with van der Waals surface area (Å²) in [7, 11) is 0. The Morgan fingerprint density at radius 1 is 1.35 bits per heavy atom. The lowest BCUT2D eigenvalue weighted by atomic mass is 10.5. The molecule has 0 saturated heterocycles. The molecule has 0 unspecified atom stereocenters. The number of carbonyl (C=O) groups excluding carboxylic acids is 1. The molecule has 20 heavy (non-hydrogen) atoms. The minimum absolute atomic E-state index is 0.0486. The van der Waals surface area contributed by atoms with Crippen molar-refractivity contribution in [3.8, 4) is 0 Å². The lowest BCUT2D eigenvalue weighted by Crippen LogP contribution is -2.27. The molecular formula is C12H14N4O2S2. The first-order chi connectivity index (χ1) is 9.74. The van der Waals surface area contributed by atoms with Gasteiger partial charge in [0.2, 0.25) is 11.8 Å². The molecule has 8 heteroatoms. The standard InChI is InChI=1S/C12H14N4O2S2/c1-9-15-16-12(18-9)20-8-10(17)13-6-7-19-11-4-2-3-5-14-11/h2-5H,6-8H2,1H3,(H,13,17). The Balaban J connectivity index is 1.58. The van der Waals surface area contributed by atoms with Crippen LogP contribution in [0.2, 0.25) is 0 Å². The summed E-state index contributed by atoms with van der Waals surface area (Å²) in [4.78, 5) is 15.8. The van der Waals surface area contributed by atoms with Gasteiger partial charge in [-0.3, -0.25) is 4.79 Å². The van der Waals surface area contributed by atoms with Gasteiger partial charge < -0.3 is 9.73 Å². The Morgan fingerprint density at radius 2 is 2.25 bits per heavy atom. The molecule has 0 aromatic carbocycles. The number of rotatable bonds is 7. The molecule has 0 fully saturated rings. The van der Waals surface area contributed by atoms with Crippen molar-refractivity contribution in [3.05, 3.63) is 30.3 Å². The van der Waals surface area contributed by atoms with Crippen LogP contribution < -0.4 is 5.32 Å². The number of carbonyl (C=O) groups is 1. The Morgan fingerprint density at radius 3 is 2.95 bits per heavy atom. The molecule has 2 aromatic rings. The Hall–Kier alpha value is -1.54. The number of amides is 1. The number of hydrogen-bond donors (Lipinski definition) is 1. The van der Waals surface area contributed by atoms with E-state index in [9.17, 15) is 4.79 Å². The molecule has 0 atom stereocenters. The molecule has 2 rings (SSSR count). The number of aryl methyl sites for hydroxylation is 1. The summed E-state index contributed by atoms with van der Waals surface area (Å²) in [6.45, 7) is 2.31. The lowest BCUT2D eigenvalue weighted by molar-refractivity contribution is -0.118. The quantitative estimate of drug-likeness (QED) is 0.616. The van der Waals surface area contributed by atoms with Crippen LogP contribution in [-0.2, 0) is 4.79 Å². The van der Waals surface area contributed by atoms with Crippen LogP contribution in [0.3, 0.4) is 0 Å². The van der Waals surface area contributed by atoms with Crippen molar-refractivity contribution in [1.29, 1.82) is 0 Å². The molecule has 0 aliphatic heterocycles.